The summed E-state index contributed by atoms with van der Waals surface area (Å²) in [5, 5.41) is 4.62. The lowest BCUT2D eigenvalue weighted by atomic mass is 9.72. The van der Waals surface area contributed by atoms with E-state index < -0.39 is 0 Å². The van der Waals surface area contributed by atoms with Crippen LogP contribution in [0.25, 0.3) is 0 Å². The Hall–Kier alpha value is -1.65. The Bertz CT molecular complexity index is 588. The number of hydrazine groups is 1. The molecule has 3 N–H and O–H groups in total. The summed E-state index contributed by atoms with van der Waals surface area (Å²) in [6.45, 7) is 4.27. The van der Waals surface area contributed by atoms with Gasteiger partial charge in [0.15, 0.2) is 0 Å². The van der Waals surface area contributed by atoms with E-state index in [4.69, 9.17) is 5.84 Å². The van der Waals surface area contributed by atoms with E-state index in [1.54, 1.807) is 0 Å². The molecule has 0 bridgehead atoms. The molecular weight excluding hydrogens is 248 g/mol. The molecule has 0 saturated heterocycles. The predicted molar refractivity (Wildman–Crippen MR) is 80.3 cm³/mol. The molecule has 0 saturated carbocycles. The molecule has 0 amide bonds. The van der Waals surface area contributed by atoms with E-state index >= 15 is 0 Å². The largest absolute Gasteiger partial charge is 0.271 e. The number of nitrogens with zero attached hydrogens (tertiary/aromatic N) is 2. The number of rotatable bonds is 5. The predicted octanol–water partition coefficient (Wildman–Crippen LogP) is 2.18. The molecule has 3 rings (SSSR count). The molecule has 106 valence electrons. The van der Waals surface area contributed by atoms with Crippen LogP contribution in [-0.2, 0) is 12.8 Å². The highest BCUT2D eigenvalue weighted by Gasteiger charge is 2.32. The minimum Gasteiger partial charge on any atom is -0.271 e. The van der Waals surface area contributed by atoms with Gasteiger partial charge in [0.05, 0.1) is 5.69 Å². The van der Waals surface area contributed by atoms with Crippen molar-refractivity contribution in [2.45, 2.75) is 44.7 Å². The van der Waals surface area contributed by atoms with Gasteiger partial charge in [-0.3, -0.25) is 16.0 Å². The maximum absolute atomic E-state index is 5.77. The van der Waals surface area contributed by atoms with Crippen LogP contribution in [0.15, 0.2) is 36.5 Å². The van der Waals surface area contributed by atoms with Gasteiger partial charge in [-0.15, -0.1) is 0 Å². The number of hydrogen-bond acceptors (Lipinski definition) is 3. The summed E-state index contributed by atoms with van der Waals surface area (Å²) in [5.74, 6) is 6.27. The maximum Gasteiger partial charge on any atom is 0.0641 e. The Kier molecular flexibility index (Phi) is 3.59. The Morgan fingerprint density at radius 2 is 2.15 bits per heavy atom. The van der Waals surface area contributed by atoms with Gasteiger partial charge in [0.1, 0.15) is 0 Å². The molecule has 1 heterocycles. The van der Waals surface area contributed by atoms with Crippen molar-refractivity contribution in [3.63, 3.8) is 0 Å². The van der Waals surface area contributed by atoms with Crippen LogP contribution in [0.3, 0.4) is 0 Å². The number of benzene rings is 1. The van der Waals surface area contributed by atoms with Gasteiger partial charge in [-0.1, -0.05) is 24.3 Å². The number of nitrogens with two attached hydrogens (primary N) is 1. The van der Waals surface area contributed by atoms with Crippen molar-refractivity contribution < 1.29 is 0 Å². The minimum absolute atomic E-state index is 0.250. The first kappa shape index (κ1) is 13.3. The standard InChI is InChI=1S/C16H22N4/c1-11(2)20-8-7-13(19-20)10-16(18-17)15-9-12-5-3-4-6-14(12)15/h3-8,11,15-16,18H,9-10,17H2,1-2H3. The van der Waals surface area contributed by atoms with Gasteiger partial charge in [-0.25, -0.2) is 0 Å². The fraction of sp³-hybridized carbons (Fsp3) is 0.438. The van der Waals surface area contributed by atoms with Crippen molar-refractivity contribution in [1.29, 1.82) is 0 Å². The quantitative estimate of drug-likeness (QED) is 0.647. The highest BCUT2D eigenvalue weighted by Crippen LogP contribution is 2.37. The first-order valence-corrected chi connectivity index (χ1v) is 7.27. The van der Waals surface area contributed by atoms with Crippen LogP contribution in [0.5, 0.6) is 0 Å². The zero-order valence-electron chi connectivity index (χ0n) is 12.1. The van der Waals surface area contributed by atoms with Gasteiger partial charge in [-0.05, 0) is 37.5 Å². The Labute approximate surface area is 120 Å². The average molecular weight is 270 g/mol. The lowest BCUT2D eigenvalue weighted by Crippen LogP contribution is -2.45. The van der Waals surface area contributed by atoms with E-state index in [0.717, 1.165) is 18.5 Å². The molecule has 4 nitrogen and oxygen atoms in total. The molecule has 2 atom stereocenters. The molecular formula is C16H22N4. The van der Waals surface area contributed by atoms with Crippen molar-refractivity contribution in [2.24, 2.45) is 5.84 Å². The van der Waals surface area contributed by atoms with Crippen LogP contribution in [0.4, 0.5) is 0 Å². The lowest BCUT2D eigenvalue weighted by molar-refractivity contribution is 0.398. The topological polar surface area (TPSA) is 55.9 Å². The van der Waals surface area contributed by atoms with Gasteiger partial charge >= 0.3 is 0 Å². The van der Waals surface area contributed by atoms with Crippen molar-refractivity contribution >= 4 is 0 Å². The minimum atomic E-state index is 0.250. The molecule has 1 aliphatic rings. The second-order valence-electron chi connectivity index (χ2n) is 5.87. The van der Waals surface area contributed by atoms with E-state index in [0.29, 0.717) is 12.0 Å². The third kappa shape index (κ3) is 2.37. The summed E-state index contributed by atoms with van der Waals surface area (Å²) in [5.41, 5.74) is 6.96. The van der Waals surface area contributed by atoms with Crippen LogP contribution in [-0.4, -0.2) is 15.8 Å². The van der Waals surface area contributed by atoms with Gasteiger partial charge in [-0.2, -0.15) is 5.10 Å². The number of nitrogens with one attached hydrogen (secondary N) is 1. The summed E-state index contributed by atoms with van der Waals surface area (Å²) in [7, 11) is 0. The molecule has 1 aliphatic carbocycles. The lowest BCUT2D eigenvalue weighted by Gasteiger charge is -2.36. The zero-order chi connectivity index (χ0) is 14.1. The molecule has 2 aromatic rings. The summed E-state index contributed by atoms with van der Waals surface area (Å²) in [6.07, 6.45) is 4.02. The van der Waals surface area contributed by atoms with Crippen molar-refractivity contribution in [3.05, 3.63) is 53.3 Å². The average Bonchev–Trinajstić information content (AvgIpc) is 2.87. The van der Waals surface area contributed by atoms with Crippen LogP contribution in [0.2, 0.25) is 0 Å². The fourth-order valence-corrected chi connectivity index (χ4v) is 2.97. The SMILES string of the molecule is CC(C)n1ccc(CC(NN)C2Cc3ccccc32)n1. The van der Waals surface area contributed by atoms with E-state index in [1.165, 1.54) is 11.1 Å². The van der Waals surface area contributed by atoms with E-state index in [1.807, 2.05) is 10.9 Å². The normalized spacial score (nSPS) is 18.7. The molecule has 20 heavy (non-hydrogen) atoms. The van der Waals surface area contributed by atoms with E-state index in [9.17, 15) is 0 Å². The molecule has 1 aromatic carbocycles. The molecule has 0 spiro atoms. The summed E-state index contributed by atoms with van der Waals surface area (Å²) < 4.78 is 2.00. The first-order chi connectivity index (χ1) is 9.69. The number of fused-ring (bicyclic) bond motifs is 1. The second kappa shape index (κ2) is 5.38. The van der Waals surface area contributed by atoms with Gasteiger partial charge in [0.25, 0.3) is 0 Å². The van der Waals surface area contributed by atoms with Crippen LogP contribution >= 0.6 is 0 Å². The van der Waals surface area contributed by atoms with Gasteiger partial charge in [0.2, 0.25) is 0 Å². The van der Waals surface area contributed by atoms with E-state index in [-0.39, 0.29) is 6.04 Å². The zero-order valence-corrected chi connectivity index (χ0v) is 12.1. The van der Waals surface area contributed by atoms with Crippen molar-refractivity contribution in [3.8, 4) is 0 Å². The second-order valence-corrected chi connectivity index (χ2v) is 5.87. The highest BCUT2D eigenvalue weighted by atomic mass is 15.3. The first-order valence-electron chi connectivity index (χ1n) is 7.27. The summed E-state index contributed by atoms with van der Waals surface area (Å²) in [4.78, 5) is 0. The van der Waals surface area contributed by atoms with Crippen molar-refractivity contribution in [1.82, 2.24) is 15.2 Å². The number of hydrogen-bond donors (Lipinski definition) is 2. The molecule has 2 unspecified atom stereocenters. The third-order valence-corrected chi connectivity index (χ3v) is 4.22. The summed E-state index contributed by atoms with van der Waals surface area (Å²) in [6, 6.07) is 11.4. The Balaban J connectivity index is 1.72. The number of aromatic nitrogens is 2. The summed E-state index contributed by atoms with van der Waals surface area (Å²) >= 11 is 0. The van der Waals surface area contributed by atoms with Crippen LogP contribution < -0.4 is 11.3 Å². The molecule has 0 fully saturated rings. The smallest absolute Gasteiger partial charge is 0.0641 e. The van der Waals surface area contributed by atoms with E-state index in [2.05, 4.69) is 54.7 Å². The van der Waals surface area contributed by atoms with Crippen LogP contribution in [0, 0.1) is 0 Å². The molecule has 1 aromatic heterocycles. The van der Waals surface area contributed by atoms with Gasteiger partial charge < -0.3 is 0 Å². The monoisotopic (exact) mass is 270 g/mol. The molecule has 0 aliphatic heterocycles. The van der Waals surface area contributed by atoms with Crippen molar-refractivity contribution in [2.75, 3.05) is 0 Å². The fourth-order valence-electron chi connectivity index (χ4n) is 2.97. The molecule has 0 radical (unpaired) electrons. The maximum atomic E-state index is 5.77. The van der Waals surface area contributed by atoms with Gasteiger partial charge in [0, 0.05) is 30.6 Å². The van der Waals surface area contributed by atoms with Crippen LogP contribution in [0.1, 0.15) is 42.6 Å². The Morgan fingerprint density at radius 3 is 2.80 bits per heavy atom. The Morgan fingerprint density at radius 1 is 1.35 bits per heavy atom. The molecule has 4 heteroatoms. The third-order valence-electron chi connectivity index (χ3n) is 4.22. The highest BCUT2D eigenvalue weighted by molar-refractivity contribution is 5.41.